The zero-order chi connectivity index (χ0) is 11.4. The van der Waals surface area contributed by atoms with Crippen LogP contribution in [0.2, 0.25) is 0 Å². The van der Waals surface area contributed by atoms with Gasteiger partial charge in [0.05, 0.1) is 5.69 Å². The Labute approximate surface area is 94.3 Å². The number of aryl methyl sites for hydroxylation is 1. The Bertz CT molecular complexity index is 537. The van der Waals surface area contributed by atoms with E-state index in [0.29, 0.717) is 5.69 Å². The van der Waals surface area contributed by atoms with Gasteiger partial charge in [0, 0.05) is 5.56 Å². The molecule has 2 heteroatoms. The predicted molar refractivity (Wildman–Crippen MR) is 64.4 cm³/mol. The monoisotopic (exact) mass is 209 g/mol. The number of isocyanates is 1. The van der Waals surface area contributed by atoms with Crippen molar-refractivity contribution in [1.29, 1.82) is 0 Å². The van der Waals surface area contributed by atoms with Crippen molar-refractivity contribution in [2.45, 2.75) is 6.92 Å². The normalized spacial score (nSPS) is 9.56. The maximum absolute atomic E-state index is 10.3. The van der Waals surface area contributed by atoms with Gasteiger partial charge >= 0.3 is 0 Å². The van der Waals surface area contributed by atoms with Crippen LogP contribution in [0.4, 0.5) is 5.69 Å². The van der Waals surface area contributed by atoms with Crippen LogP contribution in [0.1, 0.15) is 5.56 Å². The SMILES string of the molecule is Cc1ccc(-c2ccccc2N=C=O)cc1. The summed E-state index contributed by atoms with van der Waals surface area (Å²) >= 11 is 0. The van der Waals surface area contributed by atoms with Gasteiger partial charge in [0.1, 0.15) is 0 Å². The molecule has 0 amide bonds. The molecule has 0 aliphatic rings. The van der Waals surface area contributed by atoms with Crippen molar-refractivity contribution in [3.63, 3.8) is 0 Å². The largest absolute Gasteiger partial charge is 0.240 e. The van der Waals surface area contributed by atoms with Crippen LogP contribution in [-0.2, 0) is 4.79 Å². The quantitative estimate of drug-likeness (QED) is 0.548. The van der Waals surface area contributed by atoms with Crippen molar-refractivity contribution in [1.82, 2.24) is 0 Å². The van der Waals surface area contributed by atoms with Crippen molar-refractivity contribution in [2.24, 2.45) is 4.99 Å². The summed E-state index contributed by atoms with van der Waals surface area (Å²) in [6.45, 7) is 2.04. The molecule has 0 unspecified atom stereocenters. The average molecular weight is 209 g/mol. The lowest BCUT2D eigenvalue weighted by atomic mass is 10.0. The highest BCUT2D eigenvalue weighted by molar-refractivity contribution is 5.77. The summed E-state index contributed by atoms with van der Waals surface area (Å²) in [6.07, 6.45) is 1.58. The Kier molecular flexibility index (Phi) is 2.95. The Morgan fingerprint density at radius 1 is 1.00 bits per heavy atom. The van der Waals surface area contributed by atoms with Crippen LogP contribution < -0.4 is 0 Å². The molecule has 2 aromatic carbocycles. The molecule has 0 heterocycles. The highest BCUT2D eigenvalue weighted by atomic mass is 16.1. The van der Waals surface area contributed by atoms with Crippen LogP contribution >= 0.6 is 0 Å². The second-order valence-electron chi connectivity index (χ2n) is 3.59. The minimum Gasteiger partial charge on any atom is -0.211 e. The van der Waals surface area contributed by atoms with E-state index in [9.17, 15) is 4.79 Å². The lowest BCUT2D eigenvalue weighted by Crippen LogP contribution is -1.79. The van der Waals surface area contributed by atoms with Gasteiger partial charge in [0.2, 0.25) is 6.08 Å². The zero-order valence-electron chi connectivity index (χ0n) is 8.97. The van der Waals surface area contributed by atoms with Crippen molar-refractivity contribution in [3.05, 3.63) is 54.1 Å². The molecule has 2 aromatic rings. The zero-order valence-corrected chi connectivity index (χ0v) is 8.97. The number of rotatable bonds is 2. The maximum atomic E-state index is 10.3. The van der Waals surface area contributed by atoms with E-state index >= 15 is 0 Å². The van der Waals surface area contributed by atoms with E-state index in [1.807, 2.05) is 49.4 Å². The highest BCUT2D eigenvalue weighted by Gasteiger charge is 2.02. The van der Waals surface area contributed by atoms with Crippen molar-refractivity contribution in [2.75, 3.05) is 0 Å². The summed E-state index contributed by atoms with van der Waals surface area (Å²) in [6, 6.07) is 15.7. The molecule has 0 saturated carbocycles. The molecule has 0 aromatic heterocycles. The summed E-state index contributed by atoms with van der Waals surface area (Å²) in [7, 11) is 0. The topological polar surface area (TPSA) is 29.4 Å². The van der Waals surface area contributed by atoms with E-state index in [1.165, 1.54) is 5.56 Å². The number of hydrogen-bond donors (Lipinski definition) is 0. The molecular weight excluding hydrogens is 198 g/mol. The van der Waals surface area contributed by atoms with Gasteiger partial charge in [0.25, 0.3) is 0 Å². The van der Waals surface area contributed by atoms with Crippen molar-refractivity contribution in [3.8, 4) is 11.1 Å². The molecule has 0 bridgehead atoms. The van der Waals surface area contributed by atoms with Gasteiger partial charge in [-0.25, -0.2) is 4.79 Å². The van der Waals surface area contributed by atoms with E-state index in [1.54, 1.807) is 12.1 Å². The first kappa shape index (κ1) is 10.3. The minimum absolute atomic E-state index is 0.654. The summed E-state index contributed by atoms with van der Waals surface area (Å²) in [5, 5.41) is 0. The number of benzene rings is 2. The number of nitrogens with zero attached hydrogens (tertiary/aromatic N) is 1. The van der Waals surface area contributed by atoms with Gasteiger partial charge in [-0.15, -0.1) is 0 Å². The van der Waals surface area contributed by atoms with Crippen LogP contribution in [0.25, 0.3) is 11.1 Å². The van der Waals surface area contributed by atoms with E-state index in [4.69, 9.17) is 0 Å². The smallest absolute Gasteiger partial charge is 0.211 e. The molecule has 0 aliphatic carbocycles. The number of hydrogen-bond acceptors (Lipinski definition) is 2. The van der Waals surface area contributed by atoms with E-state index in [-0.39, 0.29) is 0 Å². The first-order valence-corrected chi connectivity index (χ1v) is 5.05. The van der Waals surface area contributed by atoms with Gasteiger partial charge in [-0.2, -0.15) is 4.99 Å². The molecule has 0 radical (unpaired) electrons. The fourth-order valence-corrected chi connectivity index (χ4v) is 1.60. The molecule has 0 atom stereocenters. The molecular formula is C14H11NO. The van der Waals surface area contributed by atoms with Gasteiger partial charge in [-0.1, -0.05) is 48.0 Å². The Morgan fingerprint density at radius 2 is 1.69 bits per heavy atom. The average Bonchev–Trinajstić information content (AvgIpc) is 2.32. The third kappa shape index (κ3) is 2.08. The minimum atomic E-state index is 0.654. The Balaban J connectivity index is 2.55. The summed E-state index contributed by atoms with van der Waals surface area (Å²) in [5.41, 5.74) is 3.87. The third-order valence-electron chi connectivity index (χ3n) is 2.43. The standard InChI is InChI=1S/C14H11NO/c1-11-6-8-12(9-7-11)13-4-2-3-5-14(13)15-10-16/h2-9H,1H3. The predicted octanol–water partition coefficient (Wildman–Crippen LogP) is 3.63. The number of aliphatic imine (C=N–C) groups is 1. The van der Waals surface area contributed by atoms with Crippen LogP contribution in [0.5, 0.6) is 0 Å². The lowest BCUT2D eigenvalue weighted by Gasteiger charge is -2.04. The Morgan fingerprint density at radius 3 is 2.38 bits per heavy atom. The molecule has 16 heavy (non-hydrogen) atoms. The van der Waals surface area contributed by atoms with E-state index in [2.05, 4.69) is 4.99 Å². The van der Waals surface area contributed by atoms with Crippen LogP contribution in [0.3, 0.4) is 0 Å². The molecule has 0 N–H and O–H groups in total. The number of para-hydroxylation sites is 1. The maximum Gasteiger partial charge on any atom is 0.240 e. The van der Waals surface area contributed by atoms with Gasteiger partial charge < -0.3 is 0 Å². The van der Waals surface area contributed by atoms with Crippen LogP contribution in [0.15, 0.2) is 53.5 Å². The van der Waals surface area contributed by atoms with Gasteiger partial charge in [0.15, 0.2) is 0 Å². The second kappa shape index (κ2) is 4.56. The molecule has 78 valence electrons. The highest BCUT2D eigenvalue weighted by Crippen LogP contribution is 2.29. The fourth-order valence-electron chi connectivity index (χ4n) is 1.60. The van der Waals surface area contributed by atoms with Gasteiger partial charge in [-0.05, 0) is 18.6 Å². The summed E-state index contributed by atoms with van der Waals surface area (Å²) in [4.78, 5) is 14.0. The Hall–Kier alpha value is -2.18. The first-order chi connectivity index (χ1) is 7.81. The van der Waals surface area contributed by atoms with Crippen LogP contribution in [-0.4, -0.2) is 6.08 Å². The molecule has 0 spiro atoms. The second-order valence-corrected chi connectivity index (χ2v) is 3.59. The first-order valence-electron chi connectivity index (χ1n) is 5.05. The third-order valence-corrected chi connectivity index (χ3v) is 2.43. The number of carbonyl (C=O) groups excluding carboxylic acids is 1. The summed E-state index contributed by atoms with van der Waals surface area (Å²) in [5.74, 6) is 0. The summed E-state index contributed by atoms with van der Waals surface area (Å²) < 4.78 is 0. The molecule has 0 aliphatic heterocycles. The van der Waals surface area contributed by atoms with Crippen LogP contribution in [0, 0.1) is 6.92 Å². The van der Waals surface area contributed by atoms with Crippen molar-refractivity contribution >= 4 is 11.8 Å². The van der Waals surface area contributed by atoms with Gasteiger partial charge in [-0.3, -0.25) is 0 Å². The molecule has 2 rings (SSSR count). The molecule has 0 fully saturated rings. The van der Waals surface area contributed by atoms with Crippen molar-refractivity contribution < 1.29 is 4.79 Å². The lowest BCUT2D eigenvalue weighted by molar-refractivity contribution is 0.565. The fraction of sp³-hybridized carbons (Fsp3) is 0.0714. The van der Waals surface area contributed by atoms with E-state index in [0.717, 1.165) is 11.1 Å². The molecule has 0 saturated heterocycles. The van der Waals surface area contributed by atoms with E-state index < -0.39 is 0 Å². The molecule has 2 nitrogen and oxygen atoms in total.